The van der Waals surface area contributed by atoms with Crippen LogP contribution < -0.4 is 16.4 Å². The van der Waals surface area contributed by atoms with E-state index in [2.05, 4.69) is 36.6 Å². The average molecular weight is 315 g/mol. The molecule has 1 atom stereocenters. The number of carbonyl (C=O) groups excluding carboxylic acids is 1. The first-order valence-corrected chi connectivity index (χ1v) is 7.61. The van der Waals surface area contributed by atoms with Gasteiger partial charge in [0.25, 0.3) is 0 Å². The molecule has 0 heterocycles. The van der Waals surface area contributed by atoms with Gasteiger partial charge in [-0.05, 0) is 43.2 Å². The third-order valence-electron chi connectivity index (χ3n) is 3.72. The van der Waals surface area contributed by atoms with Crippen LogP contribution in [0.15, 0.2) is 42.5 Å². The number of benzene rings is 2. The summed E-state index contributed by atoms with van der Waals surface area (Å²) in [5, 5.41) is 5.85. The molecule has 0 saturated carbocycles. The number of anilines is 2. The molecule has 0 aliphatic carbocycles. The fourth-order valence-corrected chi connectivity index (χ4v) is 2.44. The van der Waals surface area contributed by atoms with Gasteiger partial charge in [-0.15, -0.1) is 0 Å². The highest BCUT2D eigenvalue weighted by Crippen LogP contribution is 2.18. The third kappa shape index (κ3) is 4.79. The van der Waals surface area contributed by atoms with Gasteiger partial charge in [0, 0.05) is 24.7 Å². The molecule has 23 heavy (non-hydrogen) atoms. The Bertz CT molecular complexity index is 688. The monoisotopic (exact) mass is 315 g/mol. The van der Waals surface area contributed by atoms with Crippen molar-refractivity contribution in [2.45, 2.75) is 26.3 Å². The Labute approximate surface area is 135 Å². The van der Waals surface area contributed by atoms with Crippen LogP contribution in [-0.4, -0.2) is 12.5 Å². The maximum Gasteiger partial charge on any atom is 0.225 e. The van der Waals surface area contributed by atoms with E-state index in [1.165, 1.54) is 29.3 Å². The molecule has 0 aliphatic rings. The number of hydrogen-bond acceptors (Lipinski definition) is 3. The van der Waals surface area contributed by atoms with Crippen molar-refractivity contribution in [3.8, 4) is 0 Å². The summed E-state index contributed by atoms with van der Waals surface area (Å²) in [5.41, 5.74) is 8.53. The summed E-state index contributed by atoms with van der Waals surface area (Å²) in [4.78, 5) is 11.9. The zero-order valence-corrected chi connectivity index (χ0v) is 13.4. The first-order chi connectivity index (χ1) is 11.0. The molecule has 4 N–H and O–H groups in total. The van der Waals surface area contributed by atoms with Crippen molar-refractivity contribution >= 4 is 17.3 Å². The first-order valence-electron chi connectivity index (χ1n) is 7.61. The van der Waals surface area contributed by atoms with Crippen molar-refractivity contribution in [2.24, 2.45) is 0 Å². The van der Waals surface area contributed by atoms with Gasteiger partial charge >= 0.3 is 0 Å². The Kier molecular flexibility index (Phi) is 5.71. The van der Waals surface area contributed by atoms with Gasteiger partial charge < -0.3 is 16.4 Å². The molecule has 122 valence electrons. The van der Waals surface area contributed by atoms with E-state index in [0.717, 1.165) is 0 Å². The maximum atomic E-state index is 13.6. The van der Waals surface area contributed by atoms with Gasteiger partial charge in [-0.3, -0.25) is 4.79 Å². The fraction of sp³-hybridized carbons (Fsp3) is 0.278. The van der Waals surface area contributed by atoms with E-state index >= 15 is 0 Å². The van der Waals surface area contributed by atoms with Crippen molar-refractivity contribution in [3.63, 3.8) is 0 Å². The summed E-state index contributed by atoms with van der Waals surface area (Å²) < 4.78 is 13.6. The lowest BCUT2D eigenvalue weighted by atomic mass is 10.0. The smallest absolute Gasteiger partial charge is 0.225 e. The number of halogens is 1. The molecule has 1 amide bonds. The second-order valence-corrected chi connectivity index (χ2v) is 5.57. The van der Waals surface area contributed by atoms with Gasteiger partial charge in [-0.25, -0.2) is 4.39 Å². The Hall–Kier alpha value is -2.40. The second-order valence-electron chi connectivity index (χ2n) is 5.57. The number of rotatable bonds is 6. The van der Waals surface area contributed by atoms with E-state index in [9.17, 15) is 9.18 Å². The topological polar surface area (TPSA) is 67.2 Å². The van der Waals surface area contributed by atoms with Crippen LogP contribution in [0.2, 0.25) is 0 Å². The van der Waals surface area contributed by atoms with Crippen LogP contribution in [0.25, 0.3) is 0 Å². The first kappa shape index (κ1) is 17.0. The molecule has 5 heteroatoms. The van der Waals surface area contributed by atoms with E-state index in [0.29, 0.717) is 12.2 Å². The summed E-state index contributed by atoms with van der Waals surface area (Å²) >= 11 is 0. The normalized spacial score (nSPS) is 12.0. The van der Waals surface area contributed by atoms with Gasteiger partial charge in [-0.2, -0.15) is 0 Å². The molecular weight excluding hydrogens is 293 g/mol. The van der Waals surface area contributed by atoms with Crippen LogP contribution in [0.3, 0.4) is 0 Å². The molecule has 0 radical (unpaired) electrons. The molecule has 0 fully saturated rings. The molecular formula is C18H22FN3O. The van der Waals surface area contributed by atoms with Gasteiger partial charge in [-0.1, -0.05) is 24.3 Å². The lowest BCUT2D eigenvalue weighted by molar-refractivity contribution is -0.116. The zero-order valence-electron chi connectivity index (χ0n) is 13.4. The second kappa shape index (κ2) is 7.74. The van der Waals surface area contributed by atoms with Crippen molar-refractivity contribution < 1.29 is 9.18 Å². The Morgan fingerprint density at radius 3 is 2.74 bits per heavy atom. The predicted octanol–water partition coefficient (Wildman–Crippen LogP) is 3.40. The summed E-state index contributed by atoms with van der Waals surface area (Å²) in [6, 6.07) is 12.4. The van der Waals surface area contributed by atoms with E-state index in [4.69, 9.17) is 5.73 Å². The molecule has 0 bridgehead atoms. The Balaban J connectivity index is 1.83. The predicted molar refractivity (Wildman–Crippen MR) is 91.7 cm³/mol. The van der Waals surface area contributed by atoms with Crippen molar-refractivity contribution in [1.29, 1.82) is 0 Å². The van der Waals surface area contributed by atoms with Crippen LogP contribution >= 0.6 is 0 Å². The SMILES string of the molecule is Cc1ccccc1[C@H](C)NCCC(=O)Nc1cc(N)ccc1F. The minimum atomic E-state index is -0.492. The summed E-state index contributed by atoms with van der Waals surface area (Å²) in [6.45, 7) is 4.62. The number of amides is 1. The fourth-order valence-electron chi connectivity index (χ4n) is 2.44. The molecule has 0 aromatic heterocycles. The van der Waals surface area contributed by atoms with E-state index < -0.39 is 5.82 Å². The summed E-state index contributed by atoms with van der Waals surface area (Å²) in [5.74, 6) is -0.743. The largest absolute Gasteiger partial charge is 0.399 e. The highest BCUT2D eigenvalue weighted by Gasteiger charge is 2.10. The lowest BCUT2D eigenvalue weighted by Crippen LogP contribution is -2.25. The van der Waals surface area contributed by atoms with Crippen molar-refractivity contribution in [2.75, 3.05) is 17.6 Å². The molecule has 2 aromatic rings. The summed E-state index contributed by atoms with van der Waals surface area (Å²) in [7, 11) is 0. The van der Waals surface area contributed by atoms with Crippen LogP contribution in [-0.2, 0) is 4.79 Å². The highest BCUT2D eigenvalue weighted by atomic mass is 19.1. The lowest BCUT2D eigenvalue weighted by Gasteiger charge is -2.16. The number of hydrogen-bond donors (Lipinski definition) is 3. The van der Waals surface area contributed by atoms with Gasteiger partial charge in [0.2, 0.25) is 5.91 Å². The number of nitrogen functional groups attached to an aromatic ring is 1. The van der Waals surface area contributed by atoms with E-state index in [-0.39, 0.29) is 24.1 Å². The highest BCUT2D eigenvalue weighted by molar-refractivity contribution is 5.91. The third-order valence-corrected chi connectivity index (χ3v) is 3.72. The molecule has 2 aromatic carbocycles. The quantitative estimate of drug-likeness (QED) is 0.716. The average Bonchev–Trinajstić information content (AvgIpc) is 2.51. The Morgan fingerprint density at radius 1 is 1.26 bits per heavy atom. The molecule has 4 nitrogen and oxygen atoms in total. The van der Waals surface area contributed by atoms with Crippen LogP contribution in [0.5, 0.6) is 0 Å². The van der Waals surface area contributed by atoms with E-state index in [1.807, 2.05) is 12.1 Å². The minimum Gasteiger partial charge on any atom is -0.399 e. The van der Waals surface area contributed by atoms with E-state index in [1.54, 1.807) is 0 Å². The van der Waals surface area contributed by atoms with Gasteiger partial charge in [0.1, 0.15) is 5.82 Å². The molecule has 0 saturated heterocycles. The summed E-state index contributed by atoms with van der Waals surface area (Å²) in [6.07, 6.45) is 0.254. The molecule has 0 aliphatic heterocycles. The van der Waals surface area contributed by atoms with Gasteiger partial charge in [0.05, 0.1) is 5.69 Å². The van der Waals surface area contributed by atoms with Crippen LogP contribution in [0.1, 0.15) is 30.5 Å². The molecule has 0 spiro atoms. The molecule has 2 rings (SSSR count). The standard InChI is InChI=1S/C18H22FN3O/c1-12-5-3-4-6-15(12)13(2)21-10-9-18(23)22-17-11-14(20)7-8-16(17)19/h3-8,11,13,21H,9-10,20H2,1-2H3,(H,22,23)/t13-/m0/s1. The number of nitrogens with one attached hydrogen (secondary N) is 2. The minimum absolute atomic E-state index is 0.113. The van der Waals surface area contributed by atoms with Gasteiger partial charge in [0.15, 0.2) is 0 Å². The van der Waals surface area contributed by atoms with Crippen LogP contribution in [0.4, 0.5) is 15.8 Å². The zero-order chi connectivity index (χ0) is 16.8. The number of aryl methyl sites for hydroxylation is 1. The van der Waals surface area contributed by atoms with Crippen LogP contribution in [0, 0.1) is 12.7 Å². The van der Waals surface area contributed by atoms with Crippen molar-refractivity contribution in [3.05, 3.63) is 59.4 Å². The van der Waals surface area contributed by atoms with Crippen molar-refractivity contribution in [1.82, 2.24) is 5.32 Å². The number of nitrogens with two attached hydrogens (primary N) is 1. The Morgan fingerprint density at radius 2 is 2.00 bits per heavy atom. The number of carbonyl (C=O) groups is 1. The maximum absolute atomic E-state index is 13.6. The molecule has 0 unspecified atom stereocenters.